The number of unbranched alkanes of at least 4 members (excludes halogenated alkanes) is 1. The van der Waals surface area contributed by atoms with Gasteiger partial charge in [0.05, 0.1) is 11.9 Å². The Hall–Kier alpha value is -0.130. The van der Waals surface area contributed by atoms with Crippen LogP contribution in [0.4, 0.5) is 0 Å². The second kappa shape index (κ2) is 5.82. The standard InChI is InChI=1S/C10H22O4S/c1-6-7-8-13-14-15(11,12)9(2)10(3,4)5/h9H,6-8H2,1-5H3. The summed E-state index contributed by atoms with van der Waals surface area (Å²) < 4.78 is 27.7. The maximum Gasteiger partial charge on any atom is 0.296 e. The van der Waals surface area contributed by atoms with Crippen LogP contribution in [-0.2, 0) is 19.3 Å². The maximum absolute atomic E-state index is 11.6. The second-order valence-electron chi connectivity index (χ2n) is 4.74. The summed E-state index contributed by atoms with van der Waals surface area (Å²) in [4.78, 5) is 4.67. The lowest BCUT2D eigenvalue weighted by molar-refractivity contribution is -0.203. The Balaban J connectivity index is 4.19. The van der Waals surface area contributed by atoms with Gasteiger partial charge in [0.2, 0.25) is 0 Å². The SMILES string of the molecule is CCCCOOS(=O)(=O)C(C)C(C)(C)C. The molecule has 1 atom stereocenters. The molecule has 0 radical (unpaired) electrons. The Morgan fingerprint density at radius 3 is 2.20 bits per heavy atom. The lowest BCUT2D eigenvalue weighted by Gasteiger charge is -2.25. The van der Waals surface area contributed by atoms with E-state index in [4.69, 9.17) is 0 Å². The van der Waals surface area contributed by atoms with Crippen LogP contribution in [0.1, 0.15) is 47.5 Å². The van der Waals surface area contributed by atoms with Crippen LogP contribution in [0.3, 0.4) is 0 Å². The third kappa shape index (κ3) is 5.49. The van der Waals surface area contributed by atoms with Gasteiger partial charge in [0, 0.05) is 0 Å². The van der Waals surface area contributed by atoms with Crippen LogP contribution >= 0.6 is 0 Å². The first-order chi connectivity index (χ1) is 6.72. The molecule has 15 heavy (non-hydrogen) atoms. The molecule has 4 nitrogen and oxygen atoms in total. The van der Waals surface area contributed by atoms with Crippen molar-refractivity contribution in [2.45, 2.75) is 52.7 Å². The lowest BCUT2D eigenvalue weighted by Crippen LogP contribution is -2.33. The first-order valence-corrected chi connectivity index (χ1v) is 6.74. The Morgan fingerprint density at radius 2 is 1.80 bits per heavy atom. The van der Waals surface area contributed by atoms with Gasteiger partial charge in [0.25, 0.3) is 10.1 Å². The molecule has 0 aliphatic rings. The zero-order chi connectivity index (χ0) is 12.1. The van der Waals surface area contributed by atoms with E-state index < -0.39 is 15.4 Å². The van der Waals surface area contributed by atoms with Gasteiger partial charge in [-0.1, -0.05) is 34.1 Å². The third-order valence-corrected chi connectivity index (χ3v) is 4.24. The van der Waals surface area contributed by atoms with E-state index in [1.165, 1.54) is 0 Å². The topological polar surface area (TPSA) is 52.6 Å². The highest BCUT2D eigenvalue weighted by Crippen LogP contribution is 2.26. The molecule has 0 bridgehead atoms. The van der Waals surface area contributed by atoms with E-state index in [0.717, 1.165) is 12.8 Å². The van der Waals surface area contributed by atoms with E-state index in [0.29, 0.717) is 6.61 Å². The molecule has 0 N–H and O–H groups in total. The van der Waals surface area contributed by atoms with E-state index in [1.807, 2.05) is 27.7 Å². The summed E-state index contributed by atoms with van der Waals surface area (Å²) in [6, 6.07) is 0. The number of hydrogen-bond donors (Lipinski definition) is 0. The molecule has 1 unspecified atom stereocenters. The largest absolute Gasteiger partial charge is 0.296 e. The van der Waals surface area contributed by atoms with Gasteiger partial charge in [-0.2, -0.15) is 8.42 Å². The molecule has 0 saturated carbocycles. The monoisotopic (exact) mass is 238 g/mol. The maximum atomic E-state index is 11.6. The Kier molecular flexibility index (Phi) is 5.77. The van der Waals surface area contributed by atoms with Crippen molar-refractivity contribution in [3.63, 3.8) is 0 Å². The van der Waals surface area contributed by atoms with E-state index >= 15 is 0 Å². The number of hydrogen-bond acceptors (Lipinski definition) is 4. The van der Waals surface area contributed by atoms with E-state index in [2.05, 4.69) is 9.22 Å². The van der Waals surface area contributed by atoms with Crippen molar-refractivity contribution < 1.29 is 17.6 Å². The first kappa shape index (κ1) is 14.9. The number of rotatable bonds is 6. The van der Waals surface area contributed by atoms with Crippen LogP contribution < -0.4 is 0 Å². The average molecular weight is 238 g/mol. The van der Waals surface area contributed by atoms with Crippen molar-refractivity contribution in [3.05, 3.63) is 0 Å². The Bertz CT molecular complexity index is 264. The minimum Gasteiger partial charge on any atom is -0.220 e. The van der Waals surface area contributed by atoms with Gasteiger partial charge >= 0.3 is 0 Å². The molecule has 5 heteroatoms. The fraction of sp³-hybridized carbons (Fsp3) is 1.00. The highest BCUT2D eigenvalue weighted by molar-refractivity contribution is 7.87. The van der Waals surface area contributed by atoms with Crippen molar-refractivity contribution in [1.29, 1.82) is 0 Å². The molecule has 0 aromatic rings. The van der Waals surface area contributed by atoms with Gasteiger partial charge in [-0.25, -0.2) is 4.89 Å². The second-order valence-corrected chi connectivity index (χ2v) is 6.57. The first-order valence-electron chi connectivity index (χ1n) is 5.26. The highest BCUT2D eigenvalue weighted by Gasteiger charge is 2.33. The molecule has 0 aliphatic heterocycles. The van der Waals surface area contributed by atoms with Gasteiger partial charge in [-0.3, -0.25) is 0 Å². The van der Waals surface area contributed by atoms with Crippen molar-refractivity contribution in [2.24, 2.45) is 5.41 Å². The molecular weight excluding hydrogens is 216 g/mol. The van der Waals surface area contributed by atoms with Crippen LogP contribution in [0.5, 0.6) is 0 Å². The smallest absolute Gasteiger partial charge is 0.220 e. The summed E-state index contributed by atoms with van der Waals surface area (Å²) in [7, 11) is -3.62. The summed E-state index contributed by atoms with van der Waals surface area (Å²) in [5, 5.41) is -0.591. The van der Waals surface area contributed by atoms with Crippen LogP contribution in [-0.4, -0.2) is 20.3 Å². The average Bonchev–Trinajstić information content (AvgIpc) is 2.10. The van der Waals surface area contributed by atoms with Gasteiger partial charge in [0.1, 0.15) is 0 Å². The molecule has 0 aliphatic carbocycles. The third-order valence-electron chi connectivity index (χ3n) is 2.38. The van der Waals surface area contributed by atoms with Crippen LogP contribution in [0.25, 0.3) is 0 Å². The van der Waals surface area contributed by atoms with Gasteiger partial charge in [-0.05, 0) is 18.8 Å². The molecule has 0 saturated heterocycles. The molecule has 0 aromatic carbocycles. The molecule has 0 spiro atoms. The zero-order valence-electron chi connectivity index (χ0n) is 10.2. The summed E-state index contributed by atoms with van der Waals surface area (Å²) in [5.41, 5.74) is -0.354. The molecule has 0 rings (SSSR count). The Labute approximate surface area is 93.0 Å². The molecule has 92 valence electrons. The quantitative estimate of drug-likeness (QED) is 0.405. The summed E-state index contributed by atoms with van der Waals surface area (Å²) in [5.74, 6) is 0. The zero-order valence-corrected chi connectivity index (χ0v) is 11.1. The minimum atomic E-state index is -3.62. The van der Waals surface area contributed by atoms with Crippen molar-refractivity contribution in [3.8, 4) is 0 Å². The van der Waals surface area contributed by atoms with Crippen LogP contribution in [0.2, 0.25) is 0 Å². The fourth-order valence-corrected chi connectivity index (χ4v) is 1.98. The molecule has 0 heterocycles. The van der Waals surface area contributed by atoms with Crippen molar-refractivity contribution >= 4 is 10.1 Å². The lowest BCUT2D eigenvalue weighted by atomic mass is 9.93. The van der Waals surface area contributed by atoms with E-state index in [-0.39, 0.29) is 5.41 Å². The van der Waals surface area contributed by atoms with Gasteiger partial charge in [0.15, 0.2) is 0 Å². The van der Waals surface area contributed by atoms with Gasteiger partial charge < -0.3 is 0 Å². The minimum absolute atomic E-state index is 0.312. The normalized spacial score (nSPS) is 15.3. The Morgan fingerprint density at radius 1 is 1.27 bits per heavy atom. The predicted octanol–water partition coefficient (Wildman–Crippen LogP) is 2.50. The molecule has 0 fully saturated rings. The molecule has 0 amide bonds. The van der Waals surface area contributed by atoms with Crippen molar-refractivity contribution in [2.75, 3.05) is 6.61 Å². The van der Waals surface area contributed by atoms with Crippen LogP contribution in [0.15, 0.2) is 0 Å². The molecule has 0 aromatic heterocycles. The van der Waals surface area contributed by atoms with Crippen LogP contribution in [0, 0.1) is 5.41 Å². The van der Waals surface area contributed by atoms with Crippen molar-refractivity contribution in [1.82, 2.24) is 0 Å². The fourth-order valence-electron chi connectivity index (χ4n) is 0.796. The highest BCUT2D eigenvalue weighted by atomic mass is 32.2. The molecular formula is C10H22O4S. The van der Waals surface area contributed by atoms with E-state index in [9.17, 15) is 8.42 Å². The predicted molar refractivity (Wildman–Crippen MR) is 59.8 cm³/mol. The van der Waals surface area contributed by atoms with Gasteiger partial charge in [-0.15, -0.1) is 4.33 Å². The summed E-state index contributed by atoms with van der Waals surface area (Å²) in [6.45, 7) is 9.49. The summed E-state index contributed by atoms with van der Waals surface area (Å²) in [6.07, 6.45) is 1.73. The summed E-state index contributed by atoms with van der Waals surface area (Å²) >= 11 is 0. The van der Waals surface area contributed by atoms with E-state index in [1.54, 1.807) is 6.92 Å².